The Labute approximate surface area is 213 Å². The van der Waals surface area contributed by atoms with E-state index in [1.807, 2.05) is 52.0 Å². The van der Waals surface area contributed by atoms with Gasteiger partial charge in [-0.25, -0.2) is 4.68 Å². The normalized spacial score (nSPS) is 13.9. The summed E-state index contributed by atoms with van der Waals surface area (Å²) < 4.78 is 43.4. The topological polar surface area (TPSA) is 87.4 Å². The summed E-state index contributed by atoms with van der Waals surface area (Å²) in [5.74, 6) is -0.441. The van der Waals surface area contributed by atoms with Gasteiger partial charge in [0.1, 0.15) is 0 Å². The first-order chi connectivity index (χ1) is 17.4. The molecule has 1 aliphatic rings. The third kappa shape index (κ3) is 5.82. The minimum Gasteiger partial charge on any atom is -0.372 e. The Balaban J connectivity index is 1.78. The maximum absolute atomic E-state index is 13.9. The van der Waals surface area contributed by atoms with Crippen molar-refractivity contribution in [2.75, 3.05) is 17.3 Å². The maximum atomic E-state index is 13.9. The monoisotopic (exact) mass is 513 g/mol. The Morgan fingerprint density at radius 2 is 1.92 bits per heavy atom. The molecule has 196 valence electrons. The van der Waals surface area contributed by atoms with Gasteiger partial charge in [-0.05, 0) is 43.7 Å². The number of nitrogens with one attached hydrogen (secondary N) is 2. The lowest BCUT2D eigenvalue weighted by atomic mass is 10.1. The largest absolute Gasteiger partial charge is 0.418 e. The number of carbonyl (C=O) groups excluding carboxylic acids is 1. The summed E-state index contributed by atoms with van der Waals surface area (Å²) in [6.45, 7) is 8.28. The lowest BCUT2D eigenvalue weighted by Gasteiger charge is -2.28. The summed E-state index contributed by atoms with van der Waals surface area (Å²) in [7, 11) is 1.61. The molecule has 1 amide bonds. The smallest absolute Gasteiger partial charge is 0.372 e. The zero-order valence-electron chi connectivity index (χ0n) is 21.4. The van der Waals surface area contributed by atoms with Gasteiger partial charge >= 0.3 is 6.18 Å². The van der Waals surface area contributed by atoms with Crippen molar-refractivity contribution in [3.63, 3.8) is 0 Å². The molecule has 4 rings (SSSR count). The molecule has 0 spiro atoms. The van der Waals surface area contributed by atoms with Gasteiger partial charge in [-0.15, -0.1) is 5.10 Å². The molecule has 1 aliphatic heterocycles. The van der Waals surface area contributed by atoms with Crippen LogP contribution in [0, 0.1) is 0 Å². The summed E-state index contributed by atoms with van der Waals surface area (Å²) >= 11 is 0. The average Bonchev–Trinajstić information content (AvgIpc) is 3.23. The van der Waals surface area contributed by atoms with E-state index in [1.54, 1.807) is 22.8 Å². The summed E-state index contributed by atoms with van der Waals surface area (Å²) in [5.41, 5.74) is 2.17. The molecule has 0 unspecified atom stereocenters. The number of hydrogen-bond donors (Lipinski definition) is 2. The molecule has 0 bridgehead atoms. The van der Waals surface area contributed by atoms with Gasteiger partial charge in [0, 0.05) is 25.7 Å². The third-order valence-corrected chi connectivity index (χ3v) is 6.17. The van der Waals surface area contributed by atoms with Gasteiger partial charge in [-0.3, -0.25) is 9.79 Å². The number of rotatable bonds is 7. The fourth-order valence-electron chi connectivity index (χ4n) is 3.98. The van der Waals surface area contributed by atoms with Crippen LogP contribution in [-0.2, 0) is 17.5 Å². The van der Waals surface area contributed by atoms with Crippen LogP contribution in [0.2, 0.25) is 0 Å². The zero-order chi connectivity index (χ0) is 26.9. The molecule has 8 nitrogen and oxygen atoms in total. The van der Waals surface area contributed by atoms with E-state index in [1.165, 1.54) is 6.07 Å². The van der Waals surface area contributed by atoms with Crippen molar-refractivity contribution in [1.29, 1.82) is 0 Å². The molecule has 2 heterocycles. The molecule has 3 aromatic rings. The summed E-state index contributed by atoms with van der Waals surface area (Å²) in [4.78, 5) is 18.9. The van der Waals surface area contributed by atoms with E-state index in [2.05, 4.69) is 25.9 Å². The number of nitrogens with zero attached hydrogens (tertiary/aromatic N) is 5. The van der Waals surface area contributed by atoms with E-state index >= 15 is 0 Å². The van der Waals surface area contributed by atoms with Gasteiger partial charge in [0.25, 0.3) is 0 Å². The highest BCUT2D eigenvalue weighted by Gasteiger charge is 2.36. The van der Waals surface area contributed by atoms with Crippen molar-refractivity contribution in [3.8, 4) is 5.69 Å². The van der Waals surface area contributed by atoms with E-state index < -0.39 is 17.6 Å². The van der Waals surface area contributed by atoms with Crippen molar-refractivity contribution in [2.45, 2.75) is 58.9 Å². The van der Waals surface area contributed by atoms with E-state index in [-0.39, 0.29) is 35.6 Å². The molecule has 37 heavy (non-hydrogen) atoms. The minimum atomic E-state index is -4.59. The van der Waals surface area contributed by atoms with Crippen molar-refractivity contribution >= 4 is 28.7 Å². The van der Waals surface area contributed by atoms with Crippen LogP contribution in [0.25, 0.3) is 5.69 Å². The number of carbonyl (C=O) groups is 1. The second kappa shape index (κ2) is 10.3. The Bertz CT molecular complexity index is 1330. The number of fused-ring (bicyclic) bond motifs is 1. The highest BCUT2D eigenvalue weighted by atomic mass is 19.4. The number of aliphatic imine (C=N–C) groups is 1. The molecule has 2 N–H and O–H groups in total. The third-order valence-electron chi connectivity index (χ3n) is 6.17. The molecule has 0 aliphatic carbocycles. The van der Waals surface area contributed by atoms with E-state index in [0.717, 1.165) is 17.4 Å². The average molecular weight is 514 g/mol. The van der Waals surface area contributed by atoms with Crippen LogP contribution in [0.3, 0.4) is 0 Å². The molecular weight excluding hydrogens is 483 g/mol. The second-order valence-electron chi connectivity index (χ2n) is 9.60. The molecule has 0 saturated carbocycles. The zero-order valence-corrected chi connectivity index (χ0v) is 21.4. The Morgan fingerprint density at radius 1 is 1.16 bits per heavy atom. The first-order valence-corrected chi connectivity index (χ1v) is 12.0. The molecule has 2 aromatic carbocycles. The number of alkyl halides is 3. The quantitative estimate of drug-likeness (QED) is 0.460. The maximum Gasteiger partial charge on any atom is 0.418 e. The van der Waals surface area contributed by atoms with Crippen LogP contribution >= 0.6 is 0 Å². The molecule has 0 saturated heterocycles. The van der Waals surface area contributed by atoms with Gasteiger partial charge in [0.15, 0.2) is 0 Å². The fraction of sp³-hybridized carbons (Fsp3) is 0.385. The molecule has 0 radical (unpaired) electrons. The highest BCUT2D eigenvalue weighted by Crippen LogP contribution is 2.43. The summed E-state index contributed by atoms with van der Waals surface area (Å²) in [6, 6.07) is 9.81. The first-order valence-electron chi connectivity index (χ1n) is 12.0. The van der Waals surface area contributed by atoms with Crippen molar-refractivity contribution in [2.24, 2.45) is 4.99 Å². The second-order valence-corrected chi connectivity index (χ2v) is 9.60. The van der Waals surface area contributed by atoms with E-state index in [4.69, 9.17) is 0 Å². The van der Waals surface area contributed by atoms with Crippen LogP contribution in [0.15, 0.2) is 47.6 Å². The van der Waals surface area contributed by atoms with Gasteiger partial charge in [-0.2, -0.15) is 13.2 Å². The van der Waals surface area contributed by atoms with Crippen LogP contribution in [0.5, 0.6) is 0 Å². The van der Waals surface area contributed by atoms with E-state index in [0.29, 0.717) is 17.8 Å². The molecule has 1 aromatic heterocycles. The van der Waals surface area contributed by atoms with Gasteiger partial charge < -0.3 is 15.5 Å². The van der Waals surface area contributed by atoms with Crippen LogP contribution in [-0.4, -0.2) is 45.7 Å². The number of benzene rings is 2. The number of anilines is 2. The van der Waals surface area contributed by atoms with Crippen molar-refractivity contribution in [1.82, 2.24) is 20.3 Å². The van der Waals surface area contributed by atoms with Crippen LogP contribution < -0.4 is 15.5 Å². The highest BCUT2D eigenvalue weighted by molar-refractivity contribution is 6.17. The minimum absolute atomic E-state index is 0.000778. The molecular formula is C26H30F3N7O. The van der Waals surface area contributed by atoms with Gasteiger partial charge in [-0.1, -0.05) is 31.2 Å². The van der Waals surface area contributed by atoms with Gasteiger partial charge in [0.2, 0.25) is 5.91 Å². The lowest BCUT2D eigenvalue weighted by molar-refractivity contribution is -0.137. The predicted molar refractivity (Wildman–Crippen MR) is 138 cm³/mol. The standard InChI is InChI=1S/C26H30F3N7O/c1-15(2)30-13-19-14-31-34-36(19)18-8-6-7-17(9-18)21-12-25(37)33-22-10-20(26(27,28)29)24(11-23(22)32-21)35(5)16(3)4/h6-11,14-16,30H,12-13H2,1-5H3,(H,33,37). The summed E-state index contributed by atoms with van der Waals surface area (Å²) in [6.07, 6.45) is -3.00. The summed E-state index contributed by atoms with van der Waals surface area (Å²) in [5, 5.41) is 14.2. The Kier molecular flexibility index (Phi) is 7.35. The van der Waals surface area contributed by atoms with Crippen LogP contribution in [0.4, 0.5) is 30.2 Å². The SMILES string of the molecule is CC(C)NCc1cnnn1-c1cccc(C2=Nc3cc(N(C)C(C)C)c(C(F)(F)F)cc3NC(=O)C2)c1. The van der Waals surface area contributed by atoms with E-state index in [9.17, 15) is 18.0 Å². The molecule has 0 fully saturated rings. The molecule has 0 atom stereocenters. The number of amides is 1. The Hall–Kier alpha value is -3.73. The Morgan fingerprint density at radius 3 is 2.59 bits per heavy atom. The fourth-order valence-corrected chi connectivity index (χ4v) is 3.98. The van der Waals surface area contributed by atoms with Crippen LogP contribution in [0.1, 0.15) is 50.9 Å². The lowest BCUT2D eigenvalue weighted by Crippen LogP contribution is -2.28. The first kappa shape index (κ1) is 26.3. The van der Waals surface area contributed by atoms with Crippen molar-refractivity contribution in [3.05, 3.63) is 59.4 Å². The number of hydrogen-bond acceptors (Lipinski definition) is 6. The van der Waals surface area contributed by atoms with Gasteiger partial charge in [0.05, 0.1) is 52.3 Å². The molecule has 11 heteroatoms. The predicted octanol–water partition coefficient (Wildman–Crippen LogP) is 5.09. The number of aromatic nitrogens is 3. The van der Waals surface area contributed by atoms with Crippen molar-refractivity contribution < 1.29 is 18.0 Å². The number of halogens is 3.